The van der Waals surface area contributed by atoms with Gasteiger partial charge in [0.25, 0.3) is 0 Å². The number of rotatable bonds is 2. The molecule has 2 aliphatic rings. The van der Waals surface area contributed by atoms with Crippen LogP contribution in [0.4, 0.5) is 5.69 Å². The third kappa shape index (κ3) is 1.68. The van der Waals surface area contributed by atoms with Crippen LogP contribution in [-0.4, -0.2) is 22.5 Å². The van der Waals surface area contributed by atoms with Crippen LogP contribution in [0.25, 0.3) is 10.9 Å². The zero-order valence-corrected chi connectivity index (χ0v) is 14.6. The van der Waals surface area contributed by atoms with Gasteiger partial charge in [0.05, 0.1) is 11.2 Å². The van der Waals surface area contributed by atoms with Gasteiger partial charge < -0.3 is 5.32 Å². The SMILES string of the molecule is CC1(C)[C@]2(C(=O)Nc3cccc4ncccc34)CC[C@@]1(C)C(=O)C2=O. The molecular formula is C20H20N2O3. The molecule has 0 spiro atoms. The molecule has 0 saturated heterocycles. The predicted molar refractivity (Wildman–Crippen MR) is 93.9 cm³/mol. The van der Waals surface area contributed by atoms with E-state index in [1.165, 1.54) is 0 Å². The highest BCUT2D eigenvalue weighted by Gasteiger charge is 2.77. The standard InChI is InChI=1S/C20H20N2O3/c1-18(2)19(3)9-10-20(18,16(24)15(19)23)17(25)22-14-8-4-7-13-12(14)6-5-11-21-13/h4-8,11H,9-10H2,1-3H3,(H,22,25)/t19-,20+/m0/s1. The van der Waals surface area contributed by atoms with Crippen LogP contribution < -0.4 is 5.32 Å². The summed E-state index contributed by atoms with van der Waals surface area (Å²) in [6.45, 7) is 5.55. The molecule has 2 aromatic rings. The Bertz CT molecular complexity index is 944. The molecule has 1 heterocycles. The Morgan fingerprint density at radius 1 is 1.04 bits per heavy atom. The van der Waals surface area contributed by atoms with Crippen molar-refractivity contribution in [3.63, 3.8) is 0 Å². The van der Waals surface area contributed by atoms with Crippen molar-refractivity contribution in [3.05, 3.63) is 36.5 Å². The smallest absolute Gasteiger partial charge is 0.239 e. The number of hydrogen-bond acceptors (Lipinski definition) is 4. The van der Waals surface area contributed by atoms with E-state index in [-0.39, 0.29) is 5.91 Å². The number of fused-ring (bicyclic) bond motifs is 3. The van der Waals surface area contributed by atoms with Crippen LogP contribution in [0.1, 0.15) is 33.6 Å². The molecule has 4 rings (SSSR count). The summed E-state index contributed by atoms with van der Waals surface area (Å²) in [7, 11) is 0. The quantitative estimate of drug-likeness (QED) is 0.675. The van der Waals surface area contributed by atoms with E-state index in [1.807, 2.05) is 39.0 Å². The number of carbonyl (C=O) groups is 3. The van der Waals surface area contributed by atoms with Crippen LogP contribution in [0, 0.1) is 16.2 Å². The molecule has 1 amide bonds. The number of hydrogen-bond donors (Lipinski definition) is 1. The molecule has 0 radical (unpaired) electrons. The summed E-state index contributed by atoms with van der Waals surface area (Å²) in [5.74, 6) is -1.32. The van der Waals surface area contributed by atoms with Crippen molar-refractivity contribution >= 4 is 34.1 Å². The van der Waals surface area contributed by atoms with Gasteiger partial charge in [0.1, 0.15) is 5.41 Å². The molecule has 2 aliphatic carbocycles. The molecular weight excluding hydrogens is 316 g/mol. The molecule has 25 heavy (non-hydrogen) atoms. The molecule has 5 heteroatoms. The summed E-state index contributed by atoms with van der Waals surface area (Å²) < 4.78 is 0. The number of Topliss-reactive ketones (excluding diaryl/α,β-unsaturated/α-hetero) is 2. The summed E-state index contributed by atoms with van der Waals surface area (Å²) in [6.07, 6.45) is 2.67. The molecule has 1 aromatic carbocycles. The minimum Gasteiger partial charge on any atom is -0.325 e. The zero-order chi connectivity index (χ0) is 18.0. The second-order valence-corrected chi connectivity index (χ2v) is 7.85. The van der Waals surface area contributed by atoms with Crippen molar-refractivity contribution in [2.24, 2.45) is 16.2 Å². The molecule has 1 N–H and O–H groups in total. The van der Waals surface area contributed by atoms with E-state index in [4.69, 9.17) is 0 Å². The maximum absolute atomic E-state index is 13.2. The molecule has 2 bridgehead atoms. The summed E-state index contributed by atoms with van der Waals surface area (Å²) in [6, 6.07) is 9.15. The lowest BCUT2D eigenvalue weighted by Gasteiger charge is -2.37. The summed E-state index contributed by atoms with van der Waals surface area (Å²) in [5.41, 5.74) is -1.38. The van der Waals surface area contributed by atoms with Gasteiger partial charge in [-0.2, -0.15) is 0 Å². The van der Waals surface area contributed by atoms with E-state index < -0.39 is 27.8 Å². The Balaban J connectivity index is 1.79. The molecule has 1 aromatic heterocycles. The topological polar surface area (TPSA) is 76.1 Å². The van der Waals surface area contributed by atoms with Gasteiger partial charge in [-0.3, -0.25) is 19.4 Å². The molecule has 0 unspecified atom stereocenters. The predicted octanol–water partition coefficient (Wildman–Crippen LogP) is 3.14. The van der Waals surface area contributed by atoms with E-state index in [0.29, 0.717) is 18.5 Å². The molecule has 0 aliphatic heterocycles. The van der Waals surface area contributed by atoms with E-state index >= 15 is 0 Å². The highest BCUT2D eigenvalue weighted by atomic mass is 16.2. The minimum atomic E-state index is -1.29. The monoisotopic (exact) mass is 336 g/mol. The molecule has 2 fully saturated rings. The van der Waals surface area contributed by atoms with Gasteiger partial charge >= 0.3 is 0 Å². The second-order valence-electron chi connectivity index (χ2n) is 7.85. The first-order valence-electron chi connectivity index (χ1n) is 8.50. The van der Waals surface area contributed by atoms with E-state index in [2.05, 4.69) is 10.3 Å². The lowest BCUT2D eigenvalue weighted by Crippen LogP contribution is -2.47. The first kappa shape index (κ1) is 15.9. The fraction of sp³-hybridized carbons (Fsp3) is 0.400. The average molecular weight is 336 g/mol. The van der Waals surface area contributed by atoms with Crippen molar-refractivity contribution in [2.75, 3.05) is 5.32 Å². The first-order valence-corrected chi connectivity index (χ1v) is 8.50. The fourth-order valence-corrected chi connectivity index (χ4v) is 4.71. The number of nitrogens with zero attached hydrogens (tertiary/aromatic N) is 1. The molecule has 2 saturated carbocycles. The van der Waals surface area contributed by atoms with Crippen LogP contribution in [0.15, 0.2) is 36.5 Å². The lowest BCUT2D eigenvalue weighted by molar-refractivity contribution is -0.147. The number of nitrogens with one attached hydrogen (secondary N) is 1. The van der Waals surface area contributed by atoms with E-state index in [1.54, 1.807) is 18.3 Å². The van der Waals surface area contributed by atoms with Gasteiger partial charge in [-0.15, -0.1) is 0 Å². The fourth-order valence-electron chi connectivity index (χ4n) is 4.71. The van der Waals surface area contributed by atoms with Gasteiger partial charge in [-0.25, -0.2) is 0 Å². The van der Waals surface area contributed by atoms with Crippen molar-refractivity contribution in [1.82, 2.24) is 4.98 Å². The van der Waals surface area contributed by atoms with Gasteiger partial charge in [-0.05, 0) is 42.5 Å². The van der Waals surface area contributed by atoms with Gasteiger partial charge in [0.15, 0.2) is 0 Å². The highest BCUT2D eigenvalue weighted by molar-refractivity contribution is 6.49. The Morgan fingerprint density at radius 2 is 1.80 bits per heavy atom. The molecule has 2 atom stereocenters. The largest absolute Gasteiger partial charge is 0.325 e. The van der Waals surface area contributed by atoms with Crippen LogP contribution in [0.3, 0.4) is 0 Å². The van der Waals surface area contributed by atoms with Crippen molar-refractivity contribution < 1.29 is 14.4 Å². The van der Waals surface area contributed by atoms with Crippen molar-refractivity contribution in [2.45, 2.75) is 33.6 Å². The Labute approximate surface area is 145 Å². The summed E-state index contributed by atoms with van der Waals surface area (Å²) in [5, 5.41) is 3.73. The van der Waals surface area contributed by atoms with E-state index in [9.17, 15) is 14.4 Å². The third-order valence-corrected chi connectivity index (χ3v) is 6.82. The maximum atomic E-state index is 13.2. The van der Waals surface area contributed by atoms with Crippen molar-refractivity contribution in [1.29, 1.82) is 0 Å². The molecule has 5 nitrogen and oxygen atoms in total. The van der Waals surface area contributed by atoms with Crippen LogP contribution in [0.2, 0.25) is 0 Å². The number of carbonyl (C=O) groups excluding carboxylic acids is 3. The van der Waals surface area contributed by atoms with Gasteiger partial charge in [0, 0.05) is 17.0 Å². The molecule has 128 valence electrons. The van der Waals surface area contributed by atoms with Gasteiger partial charge in [-0.1, -0.05) is 26.8 Å². The normalized spacial score (nSPS) is 30.0. The number of aromatic nitrogens is 1. The summed E-state index contributed by atoms with van der Waals surface area (Å²) in [4.78, 5) is 42.9. The van der Waals surface area contributed by atoms with Crippen LogP contribution in [-0.2, 0) is 14.4 Å². The highest BCUT2D eigenvalue weighted by Crippen LogP contribution is 2.69. The van der Waals surface area contributed by atoms with Crippen LogP contribution in [0.5, 0.6) is 0 Å². The zero-order valence-electron chi connectivity index (χ0n) is 14.6. The van der Waals surface area contributed by atoms with Crippen molar-refractivity contribution in [3.8, 4) is 0 Å². The second kappa shape index (κ2) is 4.75. The lowest BCUT2D eigenvalue weighted by atomic mass is 9.64. The summed E-state index contributed by atoms with van der Waals surface area (Å²) >= 11 is 0. The Morgan fingerprint density at radius 3 is 2.48 bits per heavy atom. The number of amides is 1. The number of pyridine rings is 1. The maximum Gasteiger partial charge on any atom is 0.239 e. The number of anilines is 1. The van der Waals surface area contributed by atoms with Crippen LogP contribution >= 0.6 is 0 Å². The minimum absolute atomic E-state index is 0.381. The van der Waals surface area contributed by atoms with Gasteiger partial charge in [0.2, 0.25) is 17.5 Å². The third-order valence-electron chi connectivity index (χ3n) is 6.82. The Hall–Kier alpha value is -2.56. The average Bonchev–Trinajstić information content (AvgIpc) is 2.87. The first-order chi connectivity index (χ1) is 11.8. The number of benzene rings is 1. The van der Waals surface area contributed by atoms with E-state index in [0.717, 1.165) is 10.9 Å². The number of ketones is 2. The Kier molecular flexibility index (Phi) is 3.03.